The molecule has 2 N–H and O–H groups in total. The summed E-state index contributed by atoms with van der Waals surface area (Å²) in [5, 5.41) is 4.32. The van der Waals surface area contributed by atoms with E-state index >= 15 is 0 Å². The molecule has 0 aliphatic carbocycles. The third-order valence-electron chi connectivity index (χ3n) is 4.40. The second-order valence-electron chi connectivity index (χ2n) is 9.23. The molecule has 43 heavy (non-hydrogen) atoms. The van der Waals surface area contributed by atoms with Gasteiger partial charge in [0.25, 0.3) is 0 Å². The average Bonchev–Trinajstić information content (AvgIpc) is 3.70. The third kappa shape index (κ3) is 19.8. The van der Waals surface area contributed by atoms with Crippen molar-refractivity contribution >= 4 is 23.6 Å². The fourth-order valence-corrected chi connectivity index (χ4v) is 2.50. The van der Waals surface area contributed by atoms with Crippen LogP contribution >= 0.6 is 0 Å². The molecule has 0 atom stereocenters. The summed E-state index contributed by atoms with van der Waals surface area (Å²) in [6, 6.07) is 27.8. The maximum Gasteiger partial charge on any atom is 4.00 e. The van der Waals surface area contributed by atoms with Crippen molar-refractivity contribution in [2.45, 2.75) is 27.7 Å². The van der Waals surface area contributed by atoms with Gasteiger partial charge in [-0.2, -0.15) is 36.4 Å². The predicted molar refractivity (Wildman–Crippen MR) is 154 cm³/mol. The quantitative estimate of drug-likeness (QED) is 0.126. The molecule has 0 unspecified atom stereocenters. The summed E-state index contributed by atoms with van der Waals surface area (Å²) in [6.45, 7) is 7.97. The van der Waals surface area contributed by atoms with Crippen LogP contribution in [0.15, 0.2) is 84.9 Å². The Labute approximate surface area is 265 Å². The zero-order valence-corrected chi connectivity index (χ0v) is 25.9. The van der Waals surface area contributed by atoms with Crippen molar-refractivity contribution in [3.05, 3.63) is 120 Å². The number of carbonyl (C=O) groups is 2. The van der Waals surface area contributed by atoms with E-state index in [1.165, 1.54) is 0 Å². The number of halogens is 4. The minimum atomic E-state index is -0.957. The van der Waals surface area contributed by atoms with Gasteiger partial charge in [-0.05, 0) is 23.2 Å². The second-order valence-corrected chi connectivity index (χ2v) is 9.23. The Morgan fingerprint density at radius 1 is 0.674 bits per heavy atom. The molecule has 0 fully saturated rings. The summed E-state index contributed by atoms with van der Waals surface area (Å²) in [7, 11) is 0. The summed E-state index contributed by atoms with van der Waals surface area (Å²) < 4.78 is 60.6. The number of ether oxygens (including phenoxy) is 2. The fraction of sp³-hybridized carbons (Fsp3) is 0.250. The van der Waals surface area contributed by atoms with Gasteiger partial charge in [-0.15, -0.1) is 36.4 Å². The summed E-state index contributed by atoms with van der Waals surface area (Å²) in [5.41, 5.74) is -0.315. The van der Waals surface area contributed by atoms with Crippen molar-refractivity contribution in [3.63, 3.8) is 0 Å². The van der Waals surface area contributed by atoms with Crippen LogP contribution in [0, 0.1) is 47.2 Å². The van der Waals surface area contributed by atoms with E-state index in [4.69, 9.17) is 9.47 Å². The van der Waals surface area contributed by atoms with Crippen molar-refractivity contribution in [3.8, 4) is 0 Å². The Kier molecular flexibility index (Phi) is 20.6. The molecule has 0 aliphatic heterocycles. The number of carbonyl (C=O) groups excluding carboxylic acids is 2. The molecule has 0 heterocycles. The maximum absolute atomic E-state index is 13.0. The molecule has 0 radical (unpaired) electrons. The van der Waals surface area contributed by atoms with E-state index in [0.717, 1.165) is 24.3 Å². The Morgan fingerprint density at radius 2 is 1.00 bits per heavy atom. The molecule has 4 aromatic rings. The van der Waals surface area contributed by atoms with Crippen LogP contribution in [0.25, 0.3) is 0 Å². The molecule has 0 bridgehead atoms. The van der Waals surface area contributed by atoms with Gasteiger partial charge in [-0.25, -0.2) is 51.4 Å². The van der Waals surface area contributed by atoms with Crippen molar-refractivity contribution in [1.29, 1.82) is 0 Å². The van der Waals surface area contributed by atoms with Gasteiger partial charge in [0.2, 0.25) is 0 Å². The van der Waals surface area contributed by atoms with Crippen molar-refractivity contribution in [2.75, 3.05) is 23.8 Å². The minimum absolute atomic E-state index is 0. The van der Waals surface area contributed by atoms with Crippen molar-refractivity contribution in [1.82, 2.24) is 0 Å². The van der Waals surface area contributed by atoms with Crippen LogP contribution in [0.4, 0.5) is 38.5 Å². The molecule has 0 saturated heterocycles. The molecule has 11 heteroatoms. The third-order valence-corrected chi connectivity index (χ3v) is 4.40. The number of rotatable bonds is 6. The van der Waals surface area contributed by atoms with E-state index in [1.807, 2.05) is 88.4 Å². The number of nitrogens with one attached hydrogen (secondary N) is 2. The first-order chi connectivity index (χ1) is 20.0. The van der Waals surface area contributed by atoms with Crippen LogP contribution < -0.4 is 10.6 Å². The van der Waals surface area contributed by atoms with Gasteiger partial charge < -0.3 is 20.1 Å². The Hall–Kier alpha value is -3.89. The van der Waals surface area contributed by atoms with Gasteiger partial charge >= 0.3 is 33.9 Å². The van der Waals surface area contributed by atoms with Gasteiger partial charge in [0.15, 0.2) is 0 Å². The molecule has 0 aromatic heterocycles. The summed E-state index contributed by atoms with van der Waals surface area (Å²) in [6.07, 6.45) is -1.54. The van der Waals surface area contributed by atoms with Crippen LogP contribution in [0.2, 0.25) is 0 Å². The van der Waals surface area contributed by atoms with E-state index in [0.29, 0.717) is 0 Å². The SMILES string of the molecule is CC(C)COC(=O)Nc1ccc(F)[c-]c1F.CC(C)COC(=O)Nc1ccc(F)[c-]c1F.[Ti+4].c1cc[cH-]c1.c1cc[cH-]c1. The zero-order valence-electron chi connectivity index (χ0n) is 24.3. The molecular formula is C32H34F4N2O4Ti. The topological polar surface area (TPSA) is 76.7 Å². The number of hydrogen-bond acceptors (Lipinski definition) is 4. The largest absolute Gasteiger partial charge is 4.00 e. The van der Waals surface area contributed by atoms with Gasteiger partial charge in [0.1, 0.15) is 0 Å². The average molecular weight is 634 g/mol. The monoisotopic (exact) mass is 634 g/mol. The Balaban J connectivity index is 0.000000608. The molecular weight excluding hydrogens is 600 g/mol. The first kappa shape index (κ1) is 39.1. The van der Waals surface area contributed by atoms with E-state index in [1.54, 1.807) is 12.1 Å². The number of anilines is 2. The number of benzene rings is 2. The fourth-order valence-electron chi connectivity index (χ4n) is 2.50. The standard InChI is InChI=1S/2C11H12F2NO2.2C5H5.Ti/c2*1-7(2)6-16-11(15)14-10-4-3-8(12)5-9(10)13;2*1-2-4-5-3-1;/h2*3-4,7H,6H2,1-2H3,(H,14,15);2*1-5H;/q4*-1;+4. The van der Waals surface area contributed by atoms with Gasteiger partial charge in [-0.1, -0.05) is 27.7 Å². The molecule has 4 rings (SSSR count). The Morgan fingerprint density at radius 3 is 1.23 bits per heavy atom. The summed E-state index contributed by atoms with van der Waals surface area (Å²) in [5.74, 6) is -3.18. The van der Waals surface area contributed by atoms with Gasteiger partial charge in [0.05, 0.1) is 13.2 Å². The van der Waals surface area contributed by atoms with Crippen molar-refractivity contribution < 1.29 is 58.3 Å². The molecule has 228 valence electrons. The number of amides is 2. The Bertz CT molecular complexity index is 1150. The van der Waals surface area contributed by atoms with E-state index < -0.39 is 35.5 Å². The van der Waals surface area contributed by atoms with E-state index in [2.05, 4.69) is 10.6 Å². The summed E-state index contributed by atoms with van der Waals surface area (Å²) in [4.78, 5) is 22.3. The molecule has 0 spiro atoms. The normalized spacial score (nSPS) is 9.53. The van der Waals surface area contributed by atoms with Crippen LogP contribution in [0.1, 0.15) is 27.7 Å². The predicted octanol–water partition coefficient (Wildman–Crippen LogP) is 8.75. The summed E-state index contributed by atoms with van der Waals surface area (Å²) >= 11 is 0. The smallest absolute Gasteiger partial charge is 0.450 e. The van der Waals surface area contributed by atoms with Crippen LogP contribution in [-0.4, -0.2) is 25.4 Å². The van der Waals surface area contributed by atoms with E-state index in [9.17, 15) is 27.2 Å². The number of hydrogen-bond donors (Lipinski definition) is 2. The van der Waals surface area contributed by atoms with Crippen LogP contribution in [-0.2, 0) is 31.2 Å². The molecule has 2 amide bonds. The molecule has 4 aromatic carbocycles. The molecule has 0 saturated carbocycles. The van der Waals surface area contributed by atoms with Crippen LogP contribution in [0.3, 0.4) is 0 Å². The van der Waals surface area contributed by atoms with Gasteiger partial charge in [0, 0.05) is 23.3 Å². The zero-order chi connectivity index (χ0) is 31.3. The van der Waals surface area contributed by atoms with Crippen molar-refractivity contribution in [2.24, 2.45) is 11.8 Å². The minimum Gasteiger partial charge on any atom is -0.450 e. The second kappa shape index (κ2) is 22.7. The first-order valence-corrected chi connectivity index (χ1v) is 12.9. The van der Waals surface area contributed by atoms with Gasteiger partial charge in [-0.3, -0.25) is 0 Å². The molecule has 6 nitrogen and oxygen atoms in total. The first-order valence-electron chi connectivity index (χ1n) is 12.9. The maximum atomic E-state index is 13.0. The van der Waals surface area contributed by atoms with E-state index in [-0.39, 0.29) is 58.1 Å². The molecule has 0 aliphatic rings. The van der Waals surface area contributed by atoms with Crippen LogP contribution in [0.5, 0.6) is 0 Å².